The Bertz CT molecular complexity index is 1120. The number of nitrogens with one attached hydrogen (secondary N) is 1. The molecule has 36 heavy (non-hydrogen) atoms. The number of benzene rings is 2. The first-order valence-corrected chi connectivity index (χ1v) is 12.1. The van der Waals surface area contributed by atoms with E-state index < -0.39 is 29.6 Å². The van der Waals surface area contributed by atoms with E-state index in [1.165, 1.54) is 4.90 Å². The fourth-order valence-electron chi connectivity index (χ4n) is 4.25. The SMILES string of the molecule is C#Cc1ccc([C@H](C)NC(=O)[C@@H]2C[C@@H](C)CN2C(=O)[C@@H](OC(=O)Oc2ccccc2)C(C)(C)C)cc1. The third-order valence-corrected chi connectivity index (χ3v) is 6.20. The largest absolute Gasteiger partial charge is 0.514 e. The smallest absolute Gasteiger partial charge is 0.420 e. The lowest BCUT2D eigenvalue weighted by atomic mass is 9.88. The molecule has 2 aromatic carbocycles. The van der Waals surface area contributed by atoms with Gasteiger partial charge in [-0.05, 0) is 49.1 Å². The van der Waals surface area contributed by atoms with Crippen molar-refractivity contribution in [3.05, 3.63) is 65.7 Å². The highest BCUT2D eigenvalue weighted by molar-refractivity contribution is 5.91. The first-order valence-electron chi connectivity index (χ1n) is 12.1. The number of terminal acetylenes is 1. The zero-order valence-electron chi connectivity index (χ0n) is 21.5. The molecule has 7 heteroatoms. The number of carbonyl (C=O) groups is 3. The van der Waals surface area contributed by atoms with Gasteiger partial charge in [-0.1, -0.05) is 63.9 Å². The molecule has 1 heterocycles. The predicted molar refractivity (Wildman–Crippen MR) is 137 cm³/mol. The summed E-state index contributed by atoms with van der Waals surface area (Å²) in [5, 5.41) is 3.02. The van der Waals surface area contributed by atoms with Crippen molar-refractivity contribution in [1.82, 2.24) is 10.2 Å². The van der Waals surface area contributed by atoms with Gasteiger partial charge in [-0.2, -0.15) is 0 Å². The van der Waals surface area contributed by atoms with Crippen molar-refractivity contribution in [3.63, 3.8) is 0 Å². The van der Waals surface area contributed by atoms with Crippen LogP contribution in [0.5, 0.6) is 5.75 Å². The van der Waals surface area contributed by atoms with E-state index in [9.17, 15) is 14.4 Å². The summed E-state index contributed by atoms with van der Waals surface area (Å²) in [4.78, 5) is 41.0. The molecule has 0 spiro atoms. The maximum atomic E-state index is 13.7. The Labute approximate surface area is 213 Å². The van der Waals surface area contributed by atoms with E-state index >= 15 is 0 Å². The van der Waals surface area contributed by atoms with Crippen LogP contribution < -0.4 is 10.1 Å². The molecule has 7 nitrogen and oxygen atoms in total. The van der Waals surface area contributed by atoms with Gasteiger partial charge in [0.05, 0.1) is 6.04 Å². The molecule has 0 radical (unpaired) electrons. The van der Waals surface area contributed by atoms with Crippen molar-refractivity contribution in [3.8, 4) is 18.1 Å². The molecule has 2 amide bonds. The van der Waals surface area contributed by atoms with Gasteiger partial charge in [-0.3, -0.25) is 9.59 Å². The second-order valence-corrected chi connectivity index (χ2v) is 10.4. The van der Waals surface area contributed by atoms with E-state index in [1.54, 1.807) is 30.3 Å². The van der Waals surface area contributed by atoms with Crippen LogP contribution in [0.1, 0.15) is 58.2 Å². The van der Waals surface area contributed by atoms with Crippen molar-refractivity contribution in [2.24, 2.45) is 11.3 Å². The van der Waals surface area contributed by atoms with Gasteiger partial charge in [-0.25, -0.2) is 4.79 Å². The standard InChI is InChI=1S/C29H34N2O5/c1-7-21-13-15-22(16-14-21)20(3)30-26(32)24-17-19(2)18-31(24)27(33)25(29(4,5)6)36-28(34)35-23-11-9-8-10-12-23/h1,8-16,19-20,24-25H,17-18H2,2-6H3,(H,30,32)/t19-,20+,24+,25-/m1/s1. The summed E-state index contributed by atoms with van der Waals surface area (Å²) in [7, 11) is 0. The van der Waals surface area contributed by atoms with E-state index in [-0.39, 0.29) is 17.9 Å². The first kappa shape index (κ1) is 26.8. The minimum Gasteiger partial charge on any atom is -0.420 e. The molecule has 1 N–H and O–H groups in total. The maximum absolute atomic E-state index is 13.7. The fraction of sp³-hybridized carbons (Fsp3) is 0.414. The lowest BCUT2D eigenvalue weighted by Gasteiger charge is -2.34. The molecule has 0 aliphatic carbocycles. The molecule has 0 saturated carbocycles. The molecule has 4 atom stereocenters. The summed E-state index contributed by atoms with van der Waals surface area (Å²) in [6, 6.07) is 15.0. The summed E-state index contributed by atoms with van der Waals surface area (Å²) in [6.07, 6.45) is 3.85. The maximum Gasteiger partial charge on any atom is 0.514 e. The molecule has 1 saturated heterocycles. The van der Waals surface area contributed by atoms with Gasteiger partial charge in [0.1, 0.15) is 11.8 Å². The van der Waals surface area contributed by atoms with Crippen LogP contribution in [0.3, 0.4) is 0 Å². The molecule has 2 aromatic rings. The van der Waals surface area contributed by atoms with Gasteiger partial charge in [0, 0.05) is 17.5 Å². The summed E-state index contributed by atoms with van der Waals surface area (Å²) >= 11 is 0. The molecule has 1 aliphatic rings. The van der Waals surface area contributed by atoms with Crippen LogP contribution in [0, 0.1) is 23.7 Å². The Morgan fingerprint density at radius 1 is 1.08 bits per heavy atom. The molecule has 0 aromatic heterocycles. The minimum atomic E-state index is -1.12. The number of likely N-dealkylation sites (tertiary alicyclic amines) is 1. The molecule has 0 bridgehead atoms. The van der Waals surface area contributed by atoms with Crippen LogP contribution >= 0.6 is 0 Å². The monoisotopic (exact) mass is 490 g/mol. The van der Waals surface area contributed by atoms with E-state index in [4.69, 9.17) is 15.9 Å². The highest BCUT2D eigenvalue weighted by Gasteiger charge is 2.45. The number of amides is 2. The van der Waals surface area contributed by atoms with Crippen molar-refractivity contribution < 1.29 is 23.9 Å². The van der Waals surface area contributed by atoms with Crippen molar-refractivity contribution in [2.45, 2.75) is 59.2 Å². The number of ether oxygens (including phenoxy) is 2. The van der Waals surface area contributed by atoms with Crippen LogP contribution in [0.2, 0.25) is 0 Å². The van der Waals surface area contributed by atoms with Crippen molar-refractivity contribution in [2.75, 3.05) is 6.54 Å². The Kier molecular flexibility index (Phi) is 8.41. The van der Waals surface area contributed by atoms with Gasteiger partial charge >= 0.3 is 6.16 Å². The molecule has 190 valence electrons. The fourth-order valence-corrected chi connectivity index (χ4v) is 4.25. The molecule has 1 aliphatic heterocycles. The third kappa shape index (κ3) is 6.66. The summed E-state index contributed by atoms with van der Waals surface area (Å²) in [5.74, 6) is 2.35. The summed E-state index contributed by atoms with van der Waals surface area (Å²) < 4.78 is 10.8. The van der Waals surface area contributed by atoms with Crippen LogP contribution in [0.4, 0.5) is 4.79 Å². The quantitative estimate of drug-likeness (QED) is 0.360. The zero-order chi connectivity index (χ0) is 26.5. The van der Waals surface area contributed by atoms with Gasteiger partial charge in [0.2, 0.25) is 5.91 Å². The third-order valence-electron chi connectivity index (χ3n) is 6.20. The van der Waals surface area contributed by atoms with Crippen LogP contribution in [0.25, 0.3) is 0 Å². The highest BCUT2D eigenvalue weighted by Crippen LogP contribution is 2.31. The second-order valence-electron chi connectivity index (χ2n) is 10.4. The molecule has 3 rings (SSSR count). The normalized spacial score (nSPS) is 19.1. The van der Waals surface area contributed by atoms with Gasteiger partial charge in [-0.15, -0.1) is 6.42 Å². The van der Waals surface area contributed by atoms with Gasteiger partial charge in [0.15, 0.2) is 6.10 Å². The van der Waals surface area contributed by atoms with Crippen molar-refractivity contribution >= 4 is 18.0 Å². The van der Waals surface area contributed by atoms with Gasteiger partial charge in [0.25, 0.3) is 5.91 Å². The molecule has 0 unspecified atom stereocenters. The summed E-state index contributed by atoms with van der Waals surface area (Å²) in [5.41, 5.74) is 0.953. The topological polar surface area (TPSA) is 84.9 Å². The van der Waals surface area contributed by atoms with E-state index in [0.29, 0.717) is 18.7 Å². The molecule has 1 fully saturated rings. The number of hydrogen-bond donors (Lipinski definition) is 1. The zero-order valence-corrected chi connectivity index (χ0v) is 21.5. The Morgan fingerprint density at radius 2 is 1.72 bits per heavy atom. The highest BCUT2D eigenvalue weighted by atomic mass is 16.7. The average molecular weight is 491 g/mol. The van der Waals surface area contributed by atoms with E-state index in [1.807, 2.05) is 58.9 Å². The number of nitrogens with zero attached hydrogens (tertiary/aromatic N) is 1. The number of hydrogen-bond acceptors (Lipinski definition) is 5. The number of para-hydroxylation sites is 1. The minimum absolute atomic E-state index is 0.117. The molecular formula is C29H34N2O5. The lowest BCUT2D eigenvalue weighted by molar-refractivity contribution is -0.151. The summed E-state index contributed by atoms with van der Waals surface area (Å²) in [6.45, 7) is 9.69. The number of carbonyl (C=O) groups excluding carboxylic acids is 3. The van der Waals surface area contributed by atoms with Crippen molar-refractivity contribution in [1.29, 1.82) is 0 Å². The molecular weight excluding hydrogens is 456 g/mol. The van der Waals surface area contributed by atoms with Gasteiger partial charge < -0.3 is 19.7 Å². The van der Waals surface area contributed by atoms with Crippen LogP contribution in [0.15, 0.2) is 54.6 Å². The van der Waals surface area contributed by atoms with Crippen LogP contribution in [-0.2, 0) is 14.3 Å². The predicted octanol–water partition coefficient (Wildman–Crippen LogP) is 4.71. The lowest BCUT2D eigenvalue weighted by Crippen LogP contribution is -2.53. The van der Waals surface area contributed by atoms with Crippen LogP contribution in [-0.4, -0.2) is 41.6 Å². The Balaban J connectivity index is 1.73. The Morgan fingerprint density at radius 3 is 2.31 bits per heavy atom. The van der Waals surface area contributed by atoms with E-state index in [0.717, 1.165) is 11.1 Å². The first-order chi connectivity index (χ1) is 17.0. The second kappa shape index (κ2) is 11.3. The number of rotatable bonds is 6. The average Bonchev–Trinajstić information content (AvgIpc) is 3.24. The Hall–Kier alpha value is -3.79. The van der Waals surface area contributed by atoms with E-state index in [2.05, 4.69) is 11.2 Å².